The first-order chi connectivity index (χ1) is 12.5. The van der Waals surface area contributed by atoms with E-state index in [9.17, 15) is 14.4 Å². The number of imide groups is 1. The fourth-order valence-corrected chi connectivity index (χ4v) is 5.48. The van der Waals surface area contributed by atoms with Crippen LogP contribution in [0.2, 0.25) is 0 Å². The lowest BCUT2D eigenvalue weighted by Gasteiger charge is -2.32. The lowest BCUT2D eigenvalue weighted by molar-refractivity contribution is -0.156. The lowest BCUT2D eigenvalue weighted by Crippen LogP contribution is -2.56. The van der Waals surface area contributed by atoms with Crippen LogP contribution in [0.25, 0.3) is 0 Å². The van der Waals surface area contributed by atoms with Gasteiger partial charge in [-0.05, 0) is 43.7 Å². The normalized spacial score (nSPS) is 30.7. The van der Waals surface area contributed by atoms with E-state index in [-0.39, 0.29) is 24.5 Å². The number of likely N-dealkylation sites (tertiary alicyclic amines) is 1. The number of hydrogen-bond acceptors (Lipinski definition) is 7. The molecule has 0 saturated carbocycles. The summed E-state index contributed by atoms with van der Waals surface area (Å²) in [7, 11) is 0. The minimum absolute atomic E-state index is 0.191. The van der Waals surface area contributed by atoms with Gasteiger partial charge >= 0.3 is 5.97 Å². The van der Waals surface area contributed by atoms with Crippen molar-refractivity contribution in [3.05, 3.63) is 22.4 Å². The van der Waals surface area contributed by atoms with Gasteiger partial charge in [0.1, 0.15) is 5.54 Å². The summed E-state index contributed by atoms with van der Waals surface area (Å²) in [5.74, 6) is -1.46. The number of nitrogens with zero attached hydrogens (tertiary/aromatic N) is 1. The molecule has 2 amide bonds. The van der Waals surface area contributed by atoms with Crippen molar-refractivity contribution in [2.24, 2.45) is 11.8 Å². The zero-order chi connectivity index (χ0) is 18.9. The maximum Gasteiger partial charge on any atom is 0.327 e. The topological polar surface area (TPSA) is 75.7 Å². The van der Waals surface area contributed by atoms with Crippen LogP contribution in [0.4, 0.5) is 0 Å². The van der Waals surface area contributed by atoms with Crippen molar-refractivity contribution < 1.29 is 19.1 Å². The maximum absolute atomic E-state index is 13.1. The second-order valence-electron chi connectivity index (χ2n) is 6.50. The number of carbonyl (C=O) groups is 3. The highest BCUT2D eigenvalue weighted by molar-refractivity contribution is 7.98. The van der Waals surface area contributed by atoms with E-state index in [0.29, 0.717) is 18.7 Å². The van der Waals surface area contributed by atoms with E-state index in [1.165, 1.54) is 16.2 Å². The molecule has 0 aromatic carbocycles. The number of amides is 2. The molecule has 26 heavy (non-hydrogen) atoms. The summed E-state index contributed by atoms with van der Waals surface area (Å²) in [5, 5.41) is 5.33. The van der Waals surface area contributed by atoms with E-state index < -0.39 is 23.3 Å². The lowest BCUT2D eigenvalue weighted by atomic mass is 9.78. The van der Waals surface area contributed by atoms with E-state index in [1.54, 1.807) is 25.6 Å². The third kappa shape index (κ3) is 2.88. The largest absolute Gasteiger partial charge is 0.465 e. The number of rotatable bonds is 7. The quantitative estimate of drug-likeness (QED) is 0.562. The van der Waals surface area contributed by atoms with Crippen molar-refractivity contribution in [1.82, 2.24) is 10.2 Å². The predicted molar refractivity (Wildman–Crippen MR) is 102 cm³/mol. The molecule has 8 heteroatoms. The molecule has 0 aliphatic carbocycles. The molecule has 1 aromatic rings. The van der Waals surface area contributed by atoms with Crippen LogP contribution in [-0.4, -0.2) is 53.4 Å². The van der Waals surface area contributed by atoms with Gasteiger partial charge in [0.05, 0.1) is 24.5 Å². The molecular formula is C18H24N2O4S2. The van der Waals surface area contributed by atoms with Gasteiger partial charge in [0.25, 0.3) is 0 Å². The van der Waals surface area contributed by atoms with Crippen molar-refractivity contribution in [1.29, 1.82) is 0 Å². The summed E-state index contributed by atoms with van der Waals surface area (Å²) in [6.45, 7) is 4.10. The molecule has 2 aliphatic rings. The number of fused-ring (bicyclic) bond motifs is 1. The monoisotopic (exact) mass is 396 g/mol. The highest BCUT2D eigenvalue weighted by atomic mass is 32.2. The molecule has 2 fully saturated rings. The van der Waals surface area contributed by atoms with Gasteiger partial charge in [0.2, 0.25) is 11.8 Å². The second kappa shape index (κ2) is 7.70. The van der Waals surface area contributed by atoms with Crippen LogP contribution in [0.1, 0.15) is 31.2 Å². The first-order valence-corrected chi connectivity index (χ1v) is 11.1. The van der Waals surface area contributed by atoms with Crippen molar-refractivity contribution in [3.63, 3.8) is 0 Å². The Bertz CT molecular complexity index is 693. The summed E-state index contributed by atoms with van der Waals surface area (Å²) in [6, 6.07) is 3.52. The van der Waals surface area contributed by atoms with Crippen molar-refractivity contribution in [3.8, 4) is 0 Å². The van der Waals surface area contributed by atoms with Crippen molar-refractivity contribution in [2.45, 2.75) is 31.8 Å². The van der Waals surface area contributed by atoms with E-state index >= 15 is 0 Å². The Morgan fingerprint density at radius 3 is 2.73 bits per heavy atom. The molecule has 0 radical (unpaired) electrons. The molecule has 2 aliphatic heterocycles. The summed E-state index contributed by atoms with van der Waals surface area (Å²) in [5.41, 5.74) is -1.16. The number of esters is 1. The Balaban J connectivity index is 2.10. The average molecular weight is 397 g/mol. The van der Waals surface area contributed by atoms with E-state index in [4.69, 9.17) is 4.74 Å². The first kappa shape index (κ1) is 19.4. The highest BCUT2D eigenvalue weighted by Crippen LogP contribution is 2.51. The van der Waals surface area contributed by atoms with Crippen molar-refractivity contribution in [2.75, 3.05) is 25.2 Å². The number of thiophene rings is 1. The molecule has 1 aromatic heterocycles. The fourth-order valence-electron chi connectivity index (χ4n) is 4.13. The van der Waals surface area contributed by atoms with Gasteiger partial charge in [-0.3, -0.25) is 24.6 Å². The van der Waals surface area contributed by atoms with Crippen LogP contribution in [0.15, 0.2) is 17.5 Å². The first-order valence-electron chi connectivity index (χ1n) is 8.84. The van der Waals surface area contributed by atoms with Gasteiger partial charge < -0.3 is 4.74 Å². The molecule has 142 valence electrons. The number of nitrogens with one attached hydrogen (secondary N) is 1. The molecule has 0 unspecified atom stereocenters. The fraction of sp³-hybridized carbons (Fsp3) is 0.611. The summed E-state index contributed by atoms with van der Waals surface area (Å²) in [4.78, 5) is 41.3. The van der Waals surface area contributed by atoms with Crippen LogP contribution < -0.4 is 5.32 Å². The molecule has 6 nitrogen and oxygen atoms in total. The van der Waals surface area contributed by atoms with Gasteiger partial charge in [-0.1, -0.05) is 6.07 Å². The van der Waals surface area contributed by atoms with E-state index in [0.717, 1.165) is 4.88 Å². The highest BCUT2D eigenvalue weighted by Gasteiger charge is 2.68. The second-order valence-corrected chi connectivity index (χ2v) is 8.46. The van der Waals surface area contributed by atoms with Gasteiger partial charge in [0, 0.05) is 11.4 Å². The summed E-state index contributed by atoms with van der Waals surface area (Å²) >= 11 is 3.14. The molecule has 3 heterocycles. The Morgan fingerprint density at radius 2 is 2.15 bits per heavy atom. The Morgan fingerprint density at radius 1 is 1.38 bits per heavy atom. The molecule has 0 spiro atoms. The van der Waals surface area contributed by atoms with Crippen LogP contribution in [0, 0.1) is 11.8 Å². The standard InChI is InChI=1S/C18H24N2O4S2/c1-4-20-15(21)12-13(16(20)22)18(8-10-25-3,17(23)24-5-2)19-14(12)11-7-6-9-26-11/h6-7,9,12-14,19H,4-5,8,10H2,1-3H3/t12-,13+,14-,18-/m1/s1. The number of ether oxygens (including phenoxy) is 1. The van der Waals surface area contributed by atoms with Gasteiger partial charge in [-0.15, -0.1) is 11.3 Å². The zero-order valence-corrected chi connectivity index (χ0v) is 16.8. The van der Waals surface area contributed by atoms with Crippen LogP contribution in [0.5, 0.6) is 0 Å². The average Bonchev–Trinajstić information content (AvgIpc) is 3.31. The Labute approximate surface area is 161 Å². The van der Waals surface area contributed by atoms with Crippen LogP contribution in [-0.2, 0) is 19.1 Å². The Kier molecular flexibility index (Phi) is 5.74. The third-order valence-electron chi connectivity index (χ3n) is 5.25. The van der Waals surface area contributed by atoms with Crippen molar-refractivity contribution >= 4 is 40.9 Å². The molecule has 1 N–H and O–H groups in total. The maximum atomic E-state index is 13.1. The van der Waals surface area contributed by atoms with Crippen LogP contribution in [0.3, 0.4) is 0 Å². The van der Waals surface area contributed by atoms with Gasteiger partial charge in [0.15, 0.2) is 0 Å². The SMILES string of the molecule is CCOC(=O)[C@]1(CCSC)N[C@H](c2cccs2)[C@@H]2C(=O)N(CC)C(=O)[C@H]21. The zero-order valence-electron chi connectivity index (χ0n) is 15.2. The van der Waals surface area contributed by atoms with E-state index in [2.05, 4.69) is 5.32 Å². The smallest absolute Gasteiger partial charge is 0.327 e. The molecule has 2 saturated heterocycles. The summed E-state index contributed by atoms with van der Waals surface area (Å²) < 4.78 is 5.36. The summed E-state index contributed by atoms with van der Waals surface area (Å²) in [6.07, 6.45) is 2.41. The number of thioether (sulfide) groups is 1. The third-order valence-corrected chi connectivity index (χ3v) is 6.82. The van der Waals surface area contributed by atoms with Gasteiger partial charge in [-0.25, -0.2) is 0 Å². The van der Waals surface area contributed by atoms with Gasteiger partial charge in [-0.2, -0.15) is 11.8 Å². The minimum Gasteiger partial charge on any atom is -0.465 e. The van der Waals surface area contributed by atoms with E-state index in [1.807, 2.05) is 23.8 Å². The predicted octanol–water partition coefficient (Wildman–Crippen LogP) is 2.07. The Hall–Kier alpha value is -1.38. The molecule has 0 bridgehead atoms. The number of hydrogen-bond donors (Lipinski definition) is 1. The number of carbonyl (C=O) groups excluding carboxylic acids is 3. The molecular weight excluding hydrogens is 372 g/mol. The van der Waals surface area contributed by atoms with Crippen LogP contribution >= 0.6 is 23.1 Å². The molecule has 3 rings (SSSR count). The minimum atomic E-state index is -1.16. The molecule has 4 atom stereocenters.